The van der Waals surface area contributed by atoms with Gasteiger partial charge < -0.3 is 23.7 Å². The van der Waals surface area contributed by atoms with Crippen molar-refractivity contribution in [1.82, 2.24) is 29.0 Å². The number of aryl methyl sites for hydroxylation is 1. The lowest BCUT2D eigenvalue weighted by molar-refractivity contribution is 0.0142. The van der Waals surface area contributed by atoms with E-state index in [0.29, 0.717) is 80.8 Å². The Morgan fingerprint density at radius 2 is 1.78 bits per heavy atom. The van der Waals surface area contributed by atoms with Crippen LogP contribution < -0.4 is 4.74 Å². The lowest BCUT2D eigenvalue weighted by Crippen LogP contribution is -2.50. The van der Waals surface area contributed by atoms with Crippen LogP contribution in [0.5, 0.6) is 5.75 Å². The number of benzene rings is 3. The molecule has 0 radical (unpaired) electrons. The third kappa shape index (κ3) is 7.72. The van der Waals surface area contributed by atoms with E-state index in [-0.39, 0.29) is 18.5 Å². The van der Waals surface area contributed by atoms with E-state index < -0.39 is 11.6 Å². The fourth-order valence-electron chi connectivity index (χ4n) is 7.17. The minimum atomic E-state index is -0.566. The first-order chi connectivity index (χ1) is 26.0. The molecular weight excluding hydrogens is 711 g/mol. The number of ether oxygens (including phenoxy) is 3. The first-order valence-electron chi connectivity index (χ1n) is 18.3. The van der Waals surface area contributed by atoms with Gasteiger partial charge in [0.25, 0.3) is 0 Å². The smallest absolute Gasteiger partial charge is 0.410 e. The number of rotatable bonds is 11. The first kappa shape index (κ1) is 37.1. The number of halogens is 2. The van der Waals surface area contributed by atoms with Gasteiger partial charge in [0, 0.05) is 68.0 Å². The number of amides is 1. The fraction of sp³-hybridized carbons (Fsp3) is 0.366. The molecule has 1 amide bonds. The minimum absolute atomic E-state index is 0.211. The number of esters is 1. The van der Waals surface area contributed by atoms with E-state index in [2.05, 4.69) is 15.0 Å². The van der Waals surface area contributed by atoms with E-state index in [1.807, 2.05) is 67.9 Å². The molecule has 0 N–H and O–H groups in total. The maximum atomic E-state index is 14.0. The molecular formula is C41H44ClFN6O5. The van der Waals surface area contributed by atoms with Gasteiger partial charge in [-0.1, -0.05) is 29.8 Å². The van der Waals surface area contributed by atoms with E-state index in [1.165, 1.54) is 12.1 Å². The van der Waals surface area contributed by atoms with Crippen LogP contribution in [0.25, 0.3) is 38.4 Å². The molecule has 0 aliphatic carbocycles. The Morgan fingerprint density at radius 3 is 2.56 bits per heavy atom. The summed E-state index contributed by atoms with van der Waals surface area (Å²) in [4.78, 5) is 35.4. The molecule has 0 saturated carbocycles. The second-order valence-corrected chi connectivity index (χ2v) is 14.8. The molecule has 282 valence electrons. The molecule has 6 aromatic rings. The van der Waals surface area contributed by atoms with E-state index >= 15 is 0 Å². The second-order valence-electron chi connectivity index (χ2n) is 14.3. The van der Waals surface area contributed by atoms with Crippen molar-refractivity contribution < 1.29 is 28.2 Å². The number of piperazine rings is 1. The largest absolute Gasteiger partial charge is 0.493 e. The number of carbonyl (C=O) groups is 2. The molecule has 0 spiro atoms. The van der Waals surface area contributed by atoms with E-state index in [0.717, 1.165) is 38.4 Å². The average Bonchev–Trinajstić information content (AvgIpc) is 3.71. The number of carbonyl (C=O) groups excluding carboxylic acids is 2. The van der Waals surface area contributed by atoms with Gasteiger partial charge in [0.2, 0.25) is 0 Å². The van der Waals surface area contributed by atoms with Gasteiger partial charge in [0.15, 0.2) is 5.65 Å². The van der Waals surface area contributed by atoms with Crippen molar-refractivity contribution in [2.24, 2.45) is 0 Å². The highest BCUT2D eigenvalue weighted by atomic mass is 35.5. The summed E-state index contributed by atoms with van der Waals surface area (Å²) in [6.45, 7) is 11.4. The lowest BCUT2D eigenvalue weighted by Gasteiger charge is -2.35. The first-order valence-corrected chi connectivity index (χ1v) is 18.7. The highest BCUT2D eigenvalue weighted by Gasteiger charge is 2.30. The third-order valence-corrected chi connectivity index (χ3v) is 9.91. The van der Waals surface area contributed by atoms with E-state index in [4.69, 9.17) is 25.8 Å². The molecule has 4 heterocycles. The van der Waals surface area contributed by atoms with Crippen molar-refractivity contribution in [3.8, 4) is 16.9 Å². The molecule has 0 unspecified atom stereocenters. The zero-order valence-corrected chi connectivity index (χ0v) is 31.7. The number of aromatic nitrogens is 4. The van der Waals surface area contributed by atoms with Crippen LogP contribution in [0.1, 0.15) is 50.2 Å². The van der Waals surface area contributed by atoms with Crippen molar-refractivity contribution in [3.63, 3.8) is 0 Å². The van der Waals surface area contributed by atoms with Gasteiger partial charge in [-0.2, -0.15) is 5.10 Å². The zero-order chi connectivity index (χ0) is 38.0. The number of fused-ring (bicyclic) bond motifs is 3. The predicted octanol–water partition coefficient (Wildman–Crippen LogP) is 8.04. The summed E-state index contributed by atoms with van der Waals surface area (Å²) < 4.78 is 35.2. The van der Waals surface area contributed by atoms with Crippen LogP contribution in [0, 0.1) is 5.82 Å². The van der Waals surface area contributed by atoms with Gasteiger partial charge in [-0.15, -0.1) is 0 Å². The number of nitrogens with zero attached hydrogens (tertiary/aromatic N) is 6. The van der Waals surface area contributed by atoms with Gasteiger partial charge in [0.1, 0.15) is 22.9 Å². The molecule has 13 heteroatoms. The molecule has 0 bridgehead atoms. The molecule has 11 nitrogen and oxygen atoms in total. The maximum Gasteiger partial charge on any atom is 0.410 e. The van der Waals surface area contributed by atoms with E-state index in [1.54, 1.807) is 34.8 Å². The van der Waals surface area contributed by atoms with Gasteiger partial charge in [-0.25, -0.2) is 23.5 Å². The van der Waals surface area contributed by atoms with Crippen molar-refractivity contribution in [2.75, 3.05) is 45.9 Å². The normalized spacial score (nSPS) is 13.9. The quantitative estimate of drug-likeness (QED) is 0.0968. The van der Waals surface area contributed by atoms with Crippen LogP contribution in [-0.2, 0) is 22.4 Å². The molecule has 54 heavy (non-hydrogen) atoms. The van der Waals surface area contributed by atoms with Crippen molar-refractivity contribution in [1.29, 1.82) is 0 Å². The molecule has 1 aliphatic rings. The summed E-state index contributed by atoms with van der Waals surface area (Å²) in [6.07, 6.45) is 6.09. The van der Waals surface area contributed by atoms with Crippen molar-refractivity contribution in [2.45, 2.75) is 52.7 Å². The SMILES string of the molecule is CCOC(=O)c1c(CCCOc2cccc3cc(F)ccc23)c2ccc(Cl)c(-c3cnn4cccnc34)c2n1CCN1CCN(C(=O)OC(C)(C)C)CC1. The molecule has 1 fully saturated rings. The summed E-state index contributed by atoms with van der Waals surface area (Å²) in [5.74, 6) is -0.0533. The van der Waals surface area contributed by atoms with E-state index in [9.17, 15) is 14.0 Å². The summed E-state index contributed by atoms with van der Waals surface area (Å²) in [7, 11) is 0. The summed E-state index contributed by atoms with van der Waals surface area (Å²) in [5, 5.41) is 7.53. The Bertz CT molecular complexity index is 2320. The Labute approximate surface area is 318 Å². The topological polar surface area (TPSA) is 103 Å². The van der Waals surface area contributed by atoms with Crippen molar-refractivity contribution >= 4 is 51.0 Å². The molecule has 1 saturated heterocycles. The number of hydrogen-bond donors (Lipinski definition) is 0. The molecule has 3 aromatic heterocycles. The zero-order valence-electron chi connectivity index (χ0n) is 31.0. The van der Waals surface area contributed by atoms with Gasteiger partial charge in [-0.3, -0.25) is 4.90 Å². The van der Waals surface area contributed by atoms with Crippen LogP contribution in [0.15, 0.2) is 73.2 Å². The summed E-state index contributed by atoms with van der Waals surface area (Å²) in [6, 6.07) is 15.9. The minimum Gasteiger partial charge on any atom is -0.493 e. The highest BCUT2D eigenvalue weighted by molar-refractivity contribution is 6.35. The Morgan fingerprint density at radius 1 is 0.981 bits per heavy atom. The predicted molar refractivity (Wildman–Crippen MR) is 207 cm³/mol. The van der Waals surface area contributed by atoms with Crippen LogP contribution >= 0.6 is 11.6 Å². The van der Waals surface area contributed by atoms with Gasteiger partial charge in [-0.05, 0) is 87.9 Å². The van der Waals surface area contributed by atoms with Crippen LogP contribution in [-0.4, -0.2) is 92.6 Å². The monoisotopic (exact) mass is 754 g/mol. The Kier molecular flexibility index (Phi) is 10.8. The second kappa shape index (κ2) is 15.6. The molecule has 1 aliphatic heterocycles. The maximum absolute atomic E-state index is 14.0. The average molecular weight is 755 g/mol. The Hall–Kier alpha value is -5.20. The third-order valence-electron chi connectivity index (χ3n) is 9.59. The van der Waals surface area contributed by atoms with Gasteiger partial charge in [0.05, 0.1) is 35.5 Å². The van der Waals surface area contributed by atoms with Crippen LogP contribution in [0.4, 0.5) is 9.18 Å². The van der Waals surface area contributed by atoms with Crippen molar-refractivity contribution in [3.05, 3.63) is 95.3 Å². The van der Waals surface area contributed by atoms with Crippen LogP contribution in [0.3, 0.4) is 0 Å². The molecule has 7 rings (SSSR count). The molecule has 0 atom stereocenters. The van der Waals surface area contributed by atoms with Gasteiger partial charge >= 0.3 is 12.1 Å². The lowest BCUT2D eigenvalue weighted by atomic mass is 10.0. The van der Waals surface area contributed by atoms with Crippen LogP contribution in [0.2, 0.25) is 5.02 Å². The summed E-state index contributed by atoms with van der Waals surface area (Å²) in [5.41, 5.74) is 3.65. The number of hydrogen-bond acceptors (Lipinski definition) is 8. The molecule has 3 aromatic carbocycles. The highest BCUT2D eigenvalue weighted by Crippen LogP contribution is 2.41. The fourth-order valence-corrected chi connectivity index (χ4v) is 7.42. The summed E-state index contributed by atoms with van der Waals surface area (Å²) >= 11 is 7.06. The Balaban J connectivity index is 1.23. The standard InChI is InChI=1S/C41H44ClFN6O5/c1-5-52-39(50)37-30(10-7-24-53-34-11-6-9-27-25-28(43)12-13-29(27)34)31-14-15-33(42)35(32-26-45-49-17-8-16-44-38(32)49)36(31)48(37)23-20-46-18-21-47(22-19-46)40(51)54-41(2,3)4/h6,8-9,11-17,25-26H,5,7,10,18-24H2,1-4H3.